The van der Waals surface area contributed by atoms with E-state index in [1.165, 1.54) is 0 Å². The first-order valence-electron chi connectivity index (χ1n) is 6.60. The van der Waals surface area contributed by atoms with Crippen LogP contribution in [-0.4, -0.2) is 25.5 Å². The summed E-state index contributed by atoms with van der Waals surface area (Å²) in [7, 11) is 3.23. The molecule has 2 aromatic rings. The molecule has 0 unspecified atom stereocenters. The molecule has 2 N–H and O–H groups in total. The fraction of sp³-hybridized carbons (Fsp3) is 0.125. The van der Waals surface area contributed by atoms with E-state index in [2.05, 4.69) is 15.8 Å². The van der Waals surface area contributed by atoms with E-state index < -0.39 is 0 Å². The van der Waals surface area contributed by atoms with E-state index >= 15 is 0 Å². The number of thiocarbonyl (C=S) groups is 1. The lowest BCUT2D eigenvalue weighted by atomic mass is 10.2. The smallest absolute Gasteiger partial charge is 0.191 e. The highest BCUT2D eigenvalue weighted by molar-refractivity contribution is 7.80. The molecule has 0 atom stereocenters. The minimum atomic E-state index is 0.378. The van der Waals surface area contributed by atoms with Gasteiger partial charge in [-0.05, 0) is 42.0 Å². The minimum Gasteiger partial charge on any atom is -0.497 e. The summed E-state index contributed by atoms with van der Waals surface area (Å²) in [6.45, 7) is 0. The number of benzene rings is 2. The number of hydrogen-bond acceptors (Lipinski definition) is 4. The van der Waals surface area contributed by atoms with Gasteiger partial charge >= 0.3 is 0 Å². The number of nitrogens with zero attached hydrogens (tertiary/aromatic N) is 1. The first-order valence-corrected chi connectivity index (χ1v) is 7.01. The van der Waals surface area contributed by atoms with Gasteiger partial charge in [0.25, 0.3) is 0 Å². The van der Waals surface area contributed by atoms with Crippen molar-refractivity contribution in [2.45, 2.75) is 0 Å². The van der Waals surface area contributed by atoms with Crippen LogP contribution in [0.3, 0.4) is 0 Å². The molecular weight excluding hydrogens is 298 g/mol. The second-order valence-electron chi connectivity index (χ2n) is 4.30. The van der Waals surface area contributed by atoms with Crippen LogP contribution in [0.25, 0.3) is 0 Å². The summed E-state index contributed by atoms with van der Waals surface area (Å²) >= 11 is 5.19. The van der Waals surface area contributed by atoms with Gasteiger partial charge in [-0.25, -0.2) is 0 Å². The second-order valence-corrected chi connectivity index (χ2v) is 4.71. The van der Waals surface area contributed by atoms with Crippen molar-refractivity contribution < 1.29 is 9.47 Å². The molecule has 114 valence electrons. The van der Waals surface area contributed by atoms with Crippen molar-refractivity contribution in [1.82, 2.24) is 5.43 Å². The van der Waals surface area contributed by atoms with Gasteiger partial charge in [0, 0.05) is 0 Å². The van der Waals surface area contributed by atoms with E-state index in [1.807, 2.05) is 48.5 Å². The molecule has 0 aliphatic rings. The lowest BCUT2D eigenvalue weighted by Gasteiger charge is -2.10. The first-order chi connectivity index (χ1) is 10.7. The molecule has 0 amide bonds. The SMILES string of the molecule is COc1cccc(C=NNC(=S)Nc2ccccc2OC)c1. The zero-order valence-corrected chi connectivity index (χ0v) is 13.2. The van der Waals surface area contributed by atoms with Crippen LogP contribution in [0.4, 0.5) is 5.69 Å². The zero-order valence-electron chi connectivity index (χ0n) is 12.4. The van der Waals surface area contributed by atoms with Crippen LogP contribution in [0.1, 0.15) is 5.56 Å². The highest BCUT2D eigenvalue weighted by Gasteiger charge is 2.02. The third-order valence-corrected chi connectivity index (χ3v) is 3.02. The third-order valence-electron chi connectivity index (χ3n) is 2.83. The summed E-state index contributed by atoms with van der Waals surface area (Å²) in [4.78, 5) is 0. The number of methoxy groups -OCH3 is 2. The summed E-state index contributed by atoms with van der Waals surface area (Å²) in [5, 5.41) is 7.50. The fourth-order valence-corrected chi connectivity index (χ4v) is 1.95. The molecular formula is C16H17N3O2S. The molecule has 0 aliphatic carbocycles. The first kappa shape index (κ1) is 15.8. The Morgan fingerprint density at radius 2 is 1.91 bits per heavy atom. The summed E-state index contributed by atoms with van der Waals surface area (Å²) in [5.41, 5.74) is 4.45. The molecule has 0 saturated heterocycles. The van der Waals surface area contributed by atoms with Crippen LogP contribution in [0.15, 0.2) is 53.6 Å². The van der Waals surface area contributed by atoms with Crippen LogP contribution >= 0.6 is 12.2 Å². The van der Waals surface area contributed by atoms with Gasteiger partial charge in [-0.2, -0.15) is 5.10 Å². The lowest BCUT2D eigenvalue weighted by Crippen LogP contribution is -2.24. The third kappa shape index (κ3) is 4.46. The predicted octanol–water partition coefficient (Wildman–Crippen LogP) is 3.02. The summed E-state index contributed by atoms with van der Waals surface area (Å²) in [6.07, 6.45) is 1.67. The number of ether oxygens (including phenoxy) is 2. The Hall–Kier alpha value is -2.60. The van der Waals surface area contributed by atoms with Gasteiger partial charge in [0.2, 0.25) is 0 Å². The summed E-state index contributed by atoms with van der Waals surface area (Å²) in [6, 6.07) is 15.1. The lowest BCUT2D eigenvalue weighted by molar-refractivity contribution is 0.414. The Kier molecular flexibility index (Phi) is 5.73. The number of para-hydroxylation sites is 2. The number of hydrazone groups is 1. The van der Waals surface area contributed by atoms with Gasteiger partial charge in [-0.15, -0.1) is 0 Å². The van der Waals surface area contributed by atoms with Gasteiger partial charge in [-0.1, -0.05) is 24.3 Å². The molecule has 0 fully saturated rings. The van der Waals surface area contributed by atoms with E-state index in [0.29, 0.717) is 10.9 Å². The zero-order chi connectivity index (χ0) is 15.8. The molecule has 5 nitrogen and oxygen atoms in total. The maximum Gasteiger partial charge on any atom is 0.191 e. The predicted molar refractivity (Wildman–Crippen MR) is 92.9 cm³/mol. The normalized spacial score (nSPS) is 10.3. The van der Waals surface area contributed by atoms with E-state index in [4.69, 9.17) is 21.7 Å². The quantitative estimate of drug-likeness (QED) is 0.505. The van der Waals surface area contributed by atoms with E-state index in [1.54, 1.807) is 20.4 Å². The number of nitrogens with one attached hydrogen (secondary N) is 2. The standard InChI is InChI=1S/C16H17N3O2S/c1-20-13-7-5-6-12(10-13)11-17-19-16(22)18-14-8-3-4-9-15(14)21-2/h3-11H,1-2H3,(H2,18,19,22). The average molecular weight is 315 g/mol. The van der Waals surface area contributed by atoms with Crippen molar-refractivity contribution in [1.29, 1.82) is 0 Å². The highest BCUT2D eigenvalue weighted by Crippen LogP contribution is 2.22. The van der Waals surface area contributed by atoms with Crippen LogP contribution in [0.2, 0.25) is 0 Å². The maximum absolute atomic E-state index is 5.24. The van der Waals surface area contributed by atoms with Crippen molar-refractivity contribution in [3.63, 3.8) is 0 Å². The second kappa shape index (κ2) is 7.99. The van der Waals surface area contributed by atoms with Gasteiger partial charge in [0.15, 0.2) is 5.11 Å². The van der Waals surface area contributed by atoms with Crippen LogP contribution in [-0.2, 0) is 0 Å². The van der Waals surface area contributed by atoms with Crippen molar-refractivity contribution in [2.75, 3.05) is 19.5 Å². The van der Waals surface area contributed by atoms with Gasteiger partial charge in [0.1, 0.15) is 11.5 Å². The molecule has 0 saturated carbocycles. The fourth-order valence-electron chi connectivity index (χ4n) is 1.79. The van der Waals surface area contributed by atoms with Gasteiger partial charge < -0.3 is 14.8 Å². The Morgan fingerprint density at radius 3 is 2.68 bits per heavy atom. The Balaban J connectivity index is 1.93. The topological polar surface area (TPSA) is 54.9 Å². The number of anilines is 1. The molecule has 0 aliphatic heterocycles. The van der Waals surface area contributed by atoms with Crippen molar-refractivity contribution >= 4 is 29.2 Å². The Labute approximate surface area is 134 Å². The van der Waals surface area contributed by atoms with Gasteiger partial charge in [-0.3, -0.25) is 5.43 Å². The molecule has 0 aromatic heterocycles. The van der Waals surface area contributed by atoms with E-state index in [0.717, 1.165) is 17.0 Å². The minimum absolute atomic E-state index is 0.378. The van der Waals surface area contributed by atoms with Crippen molar-refractivity contribution in [3.8, 4) is 11.5 Å². The van der Waals surface area contributed by atoms with Crippen LogP contribution < -0.4 is 20.2 Å². The average Bonchev–Trinajstić information content (AvgIpc) is 2.55. The molecule has 0 radical (unpaired) electrons. The molecule has 0 spiro atoms. The van der Waals surface area contributed by atoms with Crippen molar-refractivity contribution in [2.24, 2.45) is 5.10 Å². The molecule has 6 heteroatoms. The highest BCUT2D eigenvalue weighted by atomic mass is 32.1. The van der Waals surface area contributed by atoms with Gasteiger partial charge in [0.05, 0.1) is 26.1 Å². The van der Waals surface area contributed by atoms with E-state index in [-0.39, 0.29) is 0 Å². The molecule has 0 heterocycles. The van der Waals surface area contributed by atoms with Crippen LogP contribution in [0, 0.1) is 0 Å². The molecule has 2 aromatic carbocycles. The monoisotopic (exact) mass is 315 g/mol. The van der Waals surface area contributed by atoms with Crippen molar-refractivity contribution in [3.05, 3.63) is 54.1 Å². The Bertz CT molecular complexity index is 674. The number of hydrogen-bond donors (Lipinski definition) is 2. The largest absolute Gasteiger partial charge is 0.497 e. The molecule has 2 rings (SSSR count). The maximum atomic E-state index is 5.24. The molecule has 0 bridgehead atoms. The number of rotatable bonds is 5. The summed E-state index contributed by atoms with van der Waals surface area (Å²) < 4.78 is 10.4. The van der Waals surface area contributed by atoms with Crippen LogP contribution in [0.5, 0.6) is 11.5 Å². The Morgan fingerprint density at radius 1 is 1.09 bits per heavy atom. The van der Waals surface area contributed by atoms with E-state index in [9.17, 15) is 0 Å². The summed E-state index contributed by atoms with van der Waals surface area (Å²) in [5.74, 6) is 1.49. The molecule has 22 heavy (non-hydrogen) atoms.